The quantitative estimate of drug-likeness (QED) is 0.411. The van der Waals surface area contributed by atoms with E-state index in [0.29, 0.717) is 11.8 Å². The van der Waals surface area contributed by atoms with Crippen molar-refractivity contribution in [2.24, 2.45) is 0 Å². The van der Waals surface area contributed by atoms with Gasteiger partial charge in [0, 0.05) is 55.9 Å². The van der Waals surface area contributed by atoms with Crippen molar-refractivity contribution in [3.8, 4) is 0 Å². The van der Waals surface area contributed by atoms with Gasteiger partial charge in [0.05, 0.1) is 10.5 Å². The van der Waals surface area contributed by atoms with Gasteiger partial charge in [-0.15, -0.1) is 0 Å². The summed E-state index contributed by atoms with van der Waals surface area (Å²) in [6.45, 7) is 4.79. The largest absolute Gasteiger partial charge is 0.416 e. The van der Waals surface area contributed by atoms with Crippen LogP contribution in [0.5, 0.6) is 0 Å². The van der Waals surface area contributed by atoms with Gasteiger partial charge in [-0.25, -0.2) is 0 Å². The summed E-state index contributed by atoms with van der Waals surface area (Å²) >= 11 is 1.94. The van der Waals surface area contributed by atoms with Crippen LogP contribution < -0.4 is 10.6 Å². The number of nitro groups is 1. The van der Waals surface area contributed by atoms with Crippen LogP contribution in [0.1, 0.15) is 23.1 Å². The maximum absolute atomic E-state index is 12.8. The predicted molar refractivity (Wildman–Crippen MR) is 124 cm³/mol. The van der Waals surface area contributed by atoms with E-state index < -0.39 is 22.4 Å². The molecule has 1 heterocycles. The Morgan fingerprint density at radius 2 is 1.88 bits per heavy atom. The monoisotopic (exact) mass is 482 g/mol. The second kappa shape index (κ2) is 10.9. The second-order valence-corrected chi connectivity index (χ2v) is 8.97. The number of nitrogens with zero attached hydrogens (tertiary/aromatic N) is 2. The molecule has 0 radical (unpaired) electrons. The predicted octanol–water partition coefficient (Wildman–Crippen LogP) is 4.91. The van der Waals surface area contributed by atoms with Crippen molar-refractivity contribution >= 4 is 34.7 Å². The van der Waals surface area contributed by atoms with E-state index in [4.69, 9.17) is 0 Å². The van der Waals surface area contributed by atoms with E-state index in [1.807, 2.05) is 36.9 Å². The zero-order chi connectivity index (χ0) is 24.0. The van der Waals surface area contributed by atoms with Gasteiger partial charge in [0.1, 0.15) is 5.69 Å². The highest BCUT2D eigenvalue weighted by atomic mass is 32.2. The number of aryl methyl sites for hydroxylation is 1. The number of nitro benzene ring substituents is 1. The van der Waals surface area contributed by atoms with Gasteiger partial charge in [-0.3, -0.25) is 19.8 Å². The molecule has 3 rings (SSSR count). The highest BCUT2D eigenvalue weighted by molar-refractivity contribution is 7.99. The summed E-state index contributed by atoms with van der Waals surface area (Å²) in [5.41, 5.74) is 0.845. The third-order valence-corrected chi connectivity index (χ3v) is 6.22. The first kappa shape index (κ1) is 24.8. The van der Waals surface area contributed by atoms with Crippen LogP contribution in [0.4, 0.5) is 30.2 Å². The maximum Gasteiger partial charge on any atom is 0.416 e. The van der Waals surface area contributed by atoms with Crippen molar-refractivity contribution in [2.45, 2.75) is 26.1 Å². The first-order valence-electron chi connectivity index (χ1n) is 10.4. The minimum atomic E-state index is -4.68. The summed E-state index contributed by atoms with van der Waals surface area (Å²) in [7, 11) is 0. The number of alkyl halides is 3. The molecule has 1 amide bonds. The van der Waals surface area contributed by atoms with Gasteiger partial charge < -0.3 is 10.6 Å². The first-order valence-corrected chi connectivity index (χ1v) is 11.6. The molecule has 2 aromatic rings. The van der Waals surface area contributed by atoms with Crippen molar-refractivity contribution < 1.29 is 22.9 Å². The molecule has 0 aliphatic carbocycles. The Labute approximate surface area is 193 Å². The van der Waals surface area contributed by atoms with Gasteiger partial charge in [0.25, 0.3) is 5.69 Å². The minimum absolute atomic E-state index is 0.00874. The van der Waals surface area contributed by atoms with Gasteiger partial charge in [-0.1, -0.05) is 12.1 Å². The van der Waals surface area contributed by atoms with E-state index in [9.17, 15) is 28.1 Å². The van der Waals surface area contributed by atoms with E-state index >= 15 is 0 Å². The Morgan fingerprint density at radius 1 is 1.15 bits per heavy atom. The Kier molecular flexibility index (Phi) is 8.20. The van der Waals surface area contributed by atoms with Gasteiger partial charge in [-0.2, -0.15) is 24.9 Å². The van der Waals surface area contributed by atoms with Crippen molar-refractivity contribution in [2.75, 3.05) is 41.8 Å². The fourth-order valence-corrected chi connectivity index (χ4v) is 4.43. The minimum Gasteiger partial charge on any atom is -0.379 e. The van der Waals surface area contributed by atoms with Crippen molar-refractivity contribution in [1.29, 1.82) is 0 Å². The van der Waals surface area contributed by atoms with Crippen LogP contribution in [0.3, 0.4) is 0 Å². The average molecular weight is 483 g/mol. The van der Waals surface area contributed by atoms with E-state index in [-0.39, 0.29) is 24.6 Å². The van der Waals surface area contributed by atoms with Crippen LogP contribution in [0.15, 0.2) is 36.4 Å². The smallest absolute Gasteiger partial charge is 0.379 e. The van der Waals surface area contributed by atoms with Gasteiger partial charge in [0.2, 0.25) is 5.91 Å². The van der Waals surface area contributed by atoms with Crippen molar-refractivity contribution in [3.05, 3.63) is 63.2 Å². The van der Waals surface area contributed by atoms with Crippen LogP contribution in [-0.4, -0.2) is 46.9 Å². The number of amides is 1. The molecule has 2 N–H and O–H groups in total. The van der Waals surface area contributed by atoms with E-state index in [1.54, 1.807) is 0 Å². The number of halogens is 3. The normalized spacial score (nSPS) is 14.7. The number of anilines is 2. The molecule has 0 saturated carbocycles. The molecule has 0 unspecified atom stereocenters. The number of rotatable bonds is 8. The van der Waals surface area contributed by atoms with Gasteiger partial charge in [-0.05, 0) is 36.2 Å². The topological polar surface area (TPSA) is 87.5 Å². The SMILES string of the molecule is Cc1ccc(CN2CCSCC2)cc1NC(=O)CCNc1ccc(C(F)(F)F)cc1[N+](=O)[O-]. The summed E-state index contributed by atoms with van der Waals surface area (Å²) in [5, 5.41) is 16.7. The molecular weight excluding hydrogens is 457 g/mol. The first-order chi connectivity index (χ1) is 15.6. The highest BCUT2D eigenvalue weighted by Crippen LogP contribution is 2.35. The number of carbonyl (C=O) groups excluding carboxylic acids is 1. The van der Waals surface area contributed by atoms with Crippen LogP contribution in [0, 0.1) is 17.0 Å². The Bertz CT molecular complexity index is 1010. The molecule has 1 aliphatic heterocycles. The fourth-order valence-electron chi connectivity index (χ4n) is 3.45. The standard InChI is InChI=1S/C22H25F3N4O3S/c1-15-2-3-16(14-28-8-10-33-11-9-28)12-19(15)27-21(30)6-7-26-18-5-4-17(22(23,24)25)13-20(18)29(31)32/h2-5,12-13,26H,6-11,14H2,1H3,(H,27,30). The zero-order valence-corrected chi connectivity index (χ0v) is 18.9. The van der Waals surface area contributed by atoms with Crippen LogP contribution in [0.25, 0.3) is 0 Å². The molecule has 1 fully saturated rings. The number of hydrogen-bond acceptors (Lipinski definition) is 6. The van der Waals surface area contributed by atoms with Crippen LogP contribution in [-0.2, 0) is 17.5 Å². The Balaban J connectivity index is 1.57. The van der Waals surface area contributed by atoms with Gasteiger partial charge in [0.15, 0.2) is 0 Å². The third kappa shape index (κ3) is 7.10. The Morgan fingerprint density at radius 3 is 2.55 bits per heavy atom. The zero-order valence-electron chi connectivity index (χ0n) is 18.1. The summed E-state index contributed by atoms with van der Waals surface area (Å²) in [6.07, 6.45) is -4.69. The Hall–Kier alpha value is -2.79. The van der Waals surface area contributed by atoms with E-state index in [0.717, 1.165) is 54.4 Å². The number of carbonyl (C=O) groups is 1. The summed E-state index contributed by atoms with van der Waals surface area (Å²) in [5.74, 6) is 1.92. The van der Waals surface area contributed by atoms with Crippen molar-refractivity contribution in [3.63, 3.8) is 0 Å². The average Bonchev–Trinajstić information content (AvgIpc) is 2.76. The number of thioether (sulfide) groups is 1. The molecule has 178 valence electrons. The van der Waals surface area contributed by atoms with Crippen LogP contribution in [0.2, 0.25) is 0 Å². The molecule has 0 aromatic heterocycles. The third-order valence-electron chi connectivity index (χ3n) is 5.28. The fraction of sp³-hybridized carbons (Fsp3) is 0.409. The summed E-state index contributed by atoms with van der Waals surface area (Å²) < 4.78 is 38.5. The molecule has 0 atom stereocenters. The summed E-state index contributed by atoms with van der Waals surface area (Å²) in [6, 6.07) is 8.20. The molecule has 0 spiro atoms. The molecular formula is C22H25F3N4O3S. The lowest BCUT2D eigenvalue weighted by Crippen LogP contribution is -2.32. The molecule has 1 aliphatic rings. The van der Waals surface area contributed by atoms with Gasteiger partial charge >= 0.3 is 6.18 Å². The molecule has 11 heteroatoms. The molecule has 33 heavy (non-hydrogen) atoms. The van der Waals surface area contributed by atoms with Crippen molar-refractivity contribution in [1.82, 2.24) is 4.90 Å². The number of benzene rings is 2. The second-order valence-electron chi connectivity index (χ2n) is 7.75. The lowest BCUT2D eigenvalue weighted by Gasteiger charge is -2.26. The lowest BCUT2D eigenvalue weighted by molar-refractivity contribution is -0.384. The number of hydrogen-bond donors (Lipinski definition) is 2. The molecule has 0 bridgehead atoms. The molecule has 2 aromatic carbocycles. The van der Waals surface area contributed by atoms with E-state index in [2.05, 4.69) is 15.5 Å². The maximum atomic E-state index is 12.8. The van der Waals surface area contributed by atoms with E-state index in [1.165, 1.54) is 0 Å². The highest BCUT2D eigenvalue weighted by Gasteiger charge is 2.33. The summed E-state index contributed by atoms with van der Waals surface area (Å²) in [4.78, 5) is 25.1. The molecule has 7 nitrogen and oxygen atoms in total. The number of nitrogens with one attached hydrogen (secondary N) is 2. The lowest BCUT2D eigenvalue weighted by atomic mass is 10.1. The van der Waals surface area contributed by atoms with Crippen LogP contribution >= 0.6 is 11.8 Å². The molecule has 1 saturated heterocycles.